The fraction of sp³-hybridized carbons (Fsp3) is 0.474. The van der Waals surface area contributed by atoms with Crippen LogP contribution in [0.15, 0.2) is 28.9 Å². The van der Waals surface area contributed by atoms with Crippen molar-refractivity contribution in [3.8, 4) is 0 Å². The van der Waals surface area contributed by atoms with E-state index in [9.17, 15) is 14.8 Å². The predicted octanol–water partition coefficient (Wildman–Crippen LogP) is 1.89. The van der Waals surface area contributed by atoms with Crippen LogP contribution < -0.4 is 10.2 Å². The van der Waals surface area contributed by atoms with Gasteiger partial charge in [-0.05, 0) is 35.3 Å². The molecule has 0 aliphatic rings. The van der Waals surface area contributed by atoms with Gasteiger partial charge in [0.2, 0.25) is 11.6 Å². The molecule has 0 aliphatic heterocycles. The van der Waals surface area contributed by atoms with Crippen LogP contribution in [0.25, 0.3) is 0 Å². The number of hydrogen-bond acceptors (Lipinski definition) is 6. The van der Waals surface area contributed by atoms with E-state index in [0.717, 1.165) is 12.0 Å². The number of carbonyl (C=O) groups is 2. The smallest absolute Gasteiger partial charge is 0.389 e. The van der Waals surface area contributed by atoms with Crippen molar-refractivity contribution in [3.63, 3.8) is 0 Å². The molecule has 1 amide bonds. The summed E-state index contributed by atoms with van der Waals surface area (Å²) >= 11 is 0. The Morgan fingerprint density at radius 2 is 1.93 bits per heavy atom. The zero-order valence-electron chi connectivity index (χ0n) is 16.0. The summed E-state index contributed by atoms with van der Waals surface area (Å²) in [5, 5.41) is 17.1. The van der Waals surface area contributed by atoms with Crippen molar-refractivity contribution in [2.24, 2.45) is 5.92 Å². The van der Waals surface area contributed by atoms with Gasteiger partial charge >= 0.3 is 11.7 Å². The lowest BCUT2D eigenvalue weighted by atomic mass is 9.96. The van der Waals surface area contributed by atoms with E-state index in [2.05, 4.69) is 28.9 Å². The summed E-state index contributed by atoms with van der Waals surface area (Å²) in [5.41, 5.74) is 2.02. The molecule has 1 heterocycles. The summed E-state index contributed by atoms with van der Waals surface area (Å²) in [6.45, 7) is 7.68. The first-order valence-electron chi connectivity index (χ1n) is 8.89. The van der Waals surface area contributed by atoms with E-state index >= 15 is 0 Å². The van der Waals surface area contributed by atoms with Crippen LogP contribution in [0, 0.1) is 18.0 Å². The van der Waals surface area contributed by atoms with Crippen molar-refractivity contribution >= 4 is 11.9 Å². The fourth-order valence-electron chi connectivity index (χ4n) is 2.58. The summed E-state index contributed by atoms with van der Waals surface area (Å²) in [4.78, 5) is 24.2. The summed E-state index contributed by atoms with van der Waals surface area (Å²) in [6.07, 6.45) is 1.00. The number of nitrogens with zero attached hydrogens (tertiary/aromatic N) is 2. The number of nitrogens with one attached hydrogen (secondary N) is 1. The van der Waals surface area contributed by atoms with Crippen molar-refractivity contribution < 1.29 is 23.9 Å². The maximum absolute atomic E-state index is 12.3. The van der Waals surface area contributed by atoms with E-state index in [1.807, 2.05) is 31.2 Å². The Hall–Kier alpha value is -2.90. The Kier molecular flexibility index (Phi) is 6.92. The molecule has 0 saturated carbocycles. The number of carbonyl (C=O) groups excluding carboxylic acids is 2. The number of esters is 1. The van der Waals surface area contributed by atoms with Crippen LogP contribution in [0.4, 0.5) is 0 Å². The zero-order chi connectivity index (χ0) is 20.0. The van der Waals surface area contributed by atoms with E-state index in [1.54, 1.807) is 0 Å². The molecule has 0 bridgehead atoms. The molecule has 0 saturated heterocycles. The van der Waals surface area contributed by atoms with Gasteiger partial charge in [-0.1, -0.05) is 38.1 Å². The highest BCUT2D eigenvalue weighted by atomic mass is 16.8. The number of ether oxygens (including phenoxy) is 1. The SMILES string of the molecule is Cc1c(C(=O)OCCNC(=O)C(C)c2ccc(CC(C)C)cc2)no[n+]1[O-]. The van der Waals surface area contributed by atoms with Gasteiger partial charge in [0.15, 0.2) is 0 Å². The topological polar surface area (TPSA) is 108 Å². The third kappa shape index (κ3) is 5.54. The molecule has 2 rings (SSSR count). The predicted molar refractivity (Wildman–Crippen MR) is 96.9 cm³/mol. The van der Waals surface area contributed by atoms with Gasteiger partial charge in [0.25, 0.3) is 0 Å². The van der Waals surface area contributed by atoms with Crippen LogP contribution in [-0.2, 0) is 16.0 Å². The van der Waals surface area contributed by atoms with Gasteiger partial charge in [-0.3, -0.25) is 9.42 Å². The molecule has 1 aromatic carbocycles. The van der Waals surface area contributed by atoms with E-state index in [-0.39, 0.29) is 41.3 Å². The quantitative estimate of drug-likeness (QED) is 0.429. The van der Waals surface area contributed by atoms with Crippen molar-refractivity contribution in [1.29, 1.82) is 0 Å². The fourth-order valence-corrected chi connectivity index (χ4v) is 2.58. The summed E-state index contributed by atoms with van der Waals surface area (Å²) in [5.74, 6) is -0.656. The lowest BCUT2D eigenvalue weighted by Crippen LogP contribution is -2.31. The molecule has 1 aromatic heterocycles. The lowest BCUT2D eigenvalue weighted by Gasteiger charge is -2.13. The molecule has 1 N–H and O–H groups in total. The number of benzene rings is 1. The van der Waals surface area contributed by atoms with Crippen molar-refractivity contribution in [2.75, 3.05) is 13.2 Å². The number of aromatic nitrogens is 2. The summed E-state index contributed by atoms with van der Waals surface area (Å²) in [7, 11) is 0. The first-order valence-corrected chi connectivity index (χ1v) is 8.89. The molecular formula is C19H25N3O5. The minimum atomic E-state index is -0.770. The minimum absolute atomic E-state index is 0.0265. The molecule has 0 radical (unpaired) electrons. The van der Waals surface area contributed by atoms with Crippen molar-refractivity contribution in [2.45, 2.75) is 40.0 Å². The number of rotatable bonds is 8. The first kappa shape index (κ1) is 20.4. The van der Waals surface area contributed by atoms with Gasteiger partial charge in [0, 0.05) is 6.92 Å². The zero-order valence-corrected chi connectivity index (χ0v) is 16.0. The highest BCUT2D eigenvalue weighted by Gasteiger charge is 2.24. The maximum Gasteiger partial charge on any atom is 0.389 e. The highest BCUT2D eigenvalue weighted by Crippen LogP contribution is 2.17. The molecule has 1 unspecified atom stereocenters. The average Bonchev–Trinajstić information content (AvgIpc) is 2.97. The standard InChI is InChI=1S/C19H25N3O5/c1-12(2)11-15-5-7-16(8-6-15)13(3)18(23)20-9-10-26-19(24)17-14(4)22(25)27-21-17/h5-8,12-13H,9-11H2,1-4H3,(H,20,23). The van der Waals surface area contributed by atoms with E-state index in [4.69, 9.17) is 4.74 Å². The Morgan fingerprint density at radius 1 is 1.26 bits per heavy atom. The highest BCUT2D eigenvalue weighted by molar-refractivity contribution is 5.87. The van der Waals surface area contributed by atoms with Crippen LogP contribution in [0.3, 0.4) is 0 Å². The van der Waals surface area contributed by atoms with Crippen LogP contribution >= 0.6 is 0 Å². The van der Waals surface area contributed by atoms with Gasteiger partial charge in [-0.15, -0.1) is 0 Å². The van der Waals surface area contributed by atoms with Crippen LogP contribution in [-0.4, -0.2) is 30.2 Å². The third-order valence-corrected chi connectivity index (χ3v) is 4.17. The van der Waals surface area contributed by atoms with Crippen LogP contribution in [0.2, 0.25) is 0 Å². The van der Waals surface area contributed by atoms with E-state index in [1.165, 1.54) is 12.5 Å². The molecule has 0 aliphatic carbocycles. The minimum Gasteiger partial charge on any atom is -0.457 e. The largest absolute Gasteiger partial charge is 0.457 e. The number of hydrogen-bond donors (Lipinski definition) is 1. The molecule has 0 fully saturated rings. The molecule has 1 atom stereocenters. The van der Waals surface area contributed by atoms with Gasteiger partial charge in [0.1, 0.15) is 6.61 Å². The molecule has 2 aromatic rings. The Morgan fingerprint density at radius 3 is 2.48 bits per heavy atom. The molecule has 146 valence electrons. The molecule has 8 heteroatoms. The molecule has 0 spiro atoms. The maximum atomic E-state index is 12.3. The average molecular weight is 375 g/mol. The Labute approximate surface area is 158 Å². The normalized spacial score (nSPS) is 12.0. The number of amides is 1. The van der Waals surface area contributed by atoms with Gasteiger partial charge in [0.05, 0.1) is 17.6 Å². The van der Waals surface area contributed by atoms with Gasteiger partial charge in [-0.2, -0.15) is 0 Å². The monoisotopic (exact) mass is 375 g/mol. The molecule has 27 heavy (non-hydrogen) atoms. The lowest BCUT2D eigenvalue weighted by molar-refractivity contribution is -0.806. The van der Waals surface area contributed by atoms with E-state index < -0.39 is 5.97 Å². The van der Waals surface area contributed by atoms with Crippen LogP contribution in [0.1, 0.15) is 54.0 Å². The second kappa shape index (κ2) is 9.16. The van der Waals surface area contributed by atoms with Crippen molar-refractivity contribution in [1.82, 2.24) is 10.5 Å². The molecular weight excluding hydrogens is 350 g/mol. The summed E-state index contributed by atoms with van der Waals surface area (Å²) in [6, 6.07) is 8.02. The second-order valence-corrected chi connectivity index (χ2v) is 6.85. The summed E-state index contributed by atoms with van der Waals surface area (Å²) < 4.78 is 9.29. The molecule has 8 nitrogen and oxygen atoms in total. The van der Waals surface area contributed by atoms with E-state index in [0.29, 0.717) is 5.92 Å². The Bertz CT molecular complexity index is 783. The second-order valence-electron chi connectivity index (χ2n) is 6.85. The Balaban J connectivity index is 1.78. The van der Waals surface area contributed by atoms with Gasteiger partial charge < -0.3 is 15.3 Å². The van der Waals surface area contributed by atoms with Crippen molar-refractivity contribution in [3.05, 3.63) is 52.0 Å². The van der Waals surface area contributed by atoms with Gasteiger partial charge in [-0.25, -0.2) is 4.79 Å². The first-order chi connectivity index (χ1) is 12.8. The van der Waals surface area contributed by atoms with Crippen LogP contribution in [0.5, 0.6) is 0 Å². The third-order valence-electron chi connectivity index (χ3n) is 4.17.